The van der Waals surface area contributed by atoms with Gasteiger partial charge in [-0.25, -0.2) is 0 Å². The van der Waals surface area contributed by atoms with Crippen molar-refractivity contribution < 1.29 is 24.1 Å². The molecule has 36 heavy (non-hydrogen) atoms. The van der Waals surface area contributed by atoms with Crippen LogP contribution in [0.5, 0.6) is 17.2 Å². The van der Waals surface area contributed by atoms with E-state index in [1.807, 2.05) is 42.2 Å². The van der Waals surface area contributed by atoms with Crippen LogP contribution in [-0.4, -0.2) is 72.9 Å². The number of hydrogen-bond acceptors (Lipinski definition) is 6. The Morgan fingerprint density at radius 1 is 1.03 bits per heavy atom. The van der Waals surface area contributed by atoms with Gasteiger partial charge >= 0.3 is 0 Å². The maximum absolute atomic E-state index is 11.8. The first-order valence-electron chi connectivity index (χ1n) is 12.8. The van der Waals surface area contributed by atoms with Crippen LogP contribution < -0.4 is 14.2 Å². The number of carbonyl (C=O) groups is 1. The molecule has 2 aromatic carbocycles. The lowest BCUT2D eigenvalue weighted by Crippen LogP contribution is -2.47. The van der Waals surface area contributed by atoms with Crippen molar-refractivity contribution in [2.45, 2.75) is 51.2 Å². The van der Waals surface area contributed by atoms with Gasteiger partial charge in [-0.05, 0) is 68.0 Å². The third kappa shape index (κ3) is 7.05. The highest BCUT2D eigenvalue weighted by molar-refractivity contribution is 6.32. The second kappa shape index (κ2) is 12.2. The predicted molar refractivity (Wildman–Crippen MR) is 140 cm³/mol. The van der Waals surface area contributed by atoms with Crippen molar-refractivity contribution in [1.82, 2.24) is 9.80 Å². The maximum Gasteiger partial charge on any atom is 0.222 e. The molecule has 7 nitrogen and oxygen atoms in total. The van der Waals surface area contributed by atoms with Gasteiger partial charge in [0, 0.05) is 39.1 Å². The van der Waals surface area contributed by atoms with E-state index in [0.717, 1.165) is 62.4 Å². The summed E-state index contributed by atoms with van der Waals surface area (Å²) >= 11 is 6.23. The van der Waals surface area contributed by atoms with Crippen LogP contribution in [0.4, 0.5) is 0 Å². The number of aliphatic hydroxyl groups is 1. The van der Waals surface area contributed by atoms with E-state index in [1.54, 1.807) is 7.11 Å². The van der Waals surface area contributed by atoms with Crippen LogP contribution in [0, 0.1) is 6.92 Å². The number of amides is 1. The predicted octanol–water partition coefficient (Wildman–Crippen LogP) is 4.45. The van der Waals surface area contributed by atoms with E-state index in [2.05, 4.69) is 11.0 Å². The number of likely N-dealkylation sites (tertiary alicyclic amines) is 2. The molecule has 0 saturated carbocycles. The number of carbonyl (C=O) groups excluding carboxylic acids is 1. The van der Waals surface area contributed by atoms with E-state index in [4.69, 9.17) is 25.8 Å². The van der Waals surface area contributed by atoms with E-state index in [-0.39, 0.29) is 12.5 Å². The number of rotatable bonds is 11. The van der Waals surface area contributed by atoms with Crippen LogP contribution >= 0.6 is 11.6 Å². The highest BCUT2D eigenvalue weighted by Crippen LogP contribution is 2.31. The van der Waals surface area contributed by atoms with E-state index in [9.17, 15) is 9.90 Å². The van der Waals surface area contributed by atoms with Crippen molar-refractivity contribution in [1.29, 1.82) is 0 Å². The SMILES string of the molecule is COc1ccc(CN2CCC(O)(COc3cc(C)ccc3Cl)CC2)cc1OCCCN1CCCC1=O. The number of hydrogen-bond donors (Lipinski definition) is 1. The molecule has 1 amide bonds. The third-order valence-corrected chi connectivity index (χ3v) is 7.32. The van der Waals surface area contributed by atoms with Gasteiger partial charge < -0.3 is 24.2 Å². The maximum atomic E-state index is 11.8. The summed E-state index contributed by atoms with van der Waals surface area (Å²) in [5.74, 6) is 2.29. The first-order valence-corrected chi connectivity index (χ1v) is 13.1. The number of methoxy groups -OCH3 is 1. The van der Waals surface area contributed by atoms with Crippen molar-refractivity contribution in [3.8, 4) is 17.2 Å². The minimum absolute atomic E-state index is 0.230. The van der Waals surface area contributed by atoms with E-state index in [0.29, 0.717) is 42.4 Å². The van der Waals surface area contributed by atoms with Gasteiger partial charge in [0.05, 0.1) is 18.7 Å². The molecular formula is C28H37ClN2O5. The van der Waals surface area contributed by atoms with Crippen LogP contribution in [-0.2, 0) is 11.3 Å². The minimum Gasteiger partial charge on any atom is -0.493 e. The number of nitrogens with zero attached hydrogens (tertiary/aromatic N) is 2. The van der Waals surface area contributed by atoms with Crippen LogP contribution in [0.25, 0.3) is 0 Å². The van der Waals surface area contributed by atoms with Gasteiger partial charge in [-0.3, -0.25) is 9.69 Å². The van der Waals surface area contributed by atoms with E-state index in [1.165, 1.54) is 0 Å². The Kier molecular flexibility index (Phi) is 8.99. The van der Waals surface area contributed by atoms with Crippen LogP contribution in [0.1, 0.15) is 43.2 Å². The highest BCUT2D eigenvalue weighted by atomic mass is 35.5. The summed E-state index contributed by atoms with van der Waals surface area (Å²) < 4.78 is 17.4. The van der Waals surface area contributed by atoms with Gasteiger partial charge in [0.15, 0.2) is 11.5 Å². The second-order valence-electron chi connectivity index (χ2n) is 9.89. The van der Waals surface area contributed by atoms with Crippen molar-refractivity contribution in [2.24, 2.45) is 0 Å². The van der Waals surface area contributed by atoms with E-state index < -0.39 is 5.60 Å². The zero-order chi connectivity index (χ0) is 25.5. The molecule has 0 aliphatic carbocycles. The fourth-order valence-electron chi connectivity index (χ4n) is 4.77. The van der Waals surface area contributed by atoms with Gasteiger partial charge in [-0.2, -0.15) is 0 Å². The molecule has 2 saturated heterocycles. The summed E-state index contributed by atoms with van der Waals surface area (Å²) in [6.07, 6.45) is 3.67. The summed E-state index contributed by atoms with van der Waals surface area (Å²) in [5, 5.41) is 11.6. The molecule has 2 aliphatic rings. The number of ether oxygens (including phenoxy) is 3. The Balaban J connectivity index is 1.25. The standard InChI is InChI=1S/C28H37ClN2O5/c1-21-6-8-23(29)25(17-21)36-20-28(33)10-14-30(15-11-28)19-22-7-9-24(34-2)26(18-22)35-16-4-13-31-12-3-5-27(31)32/h6-9,17-18,33H,3-5,10-16,19-20H2,1-2H3. The lowest BCUT2D eigenvalue weighted by Gasteiger charge is -2.38. The Hall–Kier alpha value is -2.48. The quantitative estimate of drug-likeness (QED) is 0.445. The normalized spacial score (nSPS) is 17.9. The Bertz CT molecular complexity index is 1040. The molecule has 2 aromatic rings. The molecular weight excluding hydrogens is 480 g/mol. The Labute approximate surface area is 218 Å². The summed E-state index contributed by atoms with van der Waals surface area (Å²) in [4.78, 5) is 16.0. The average Bonchev–Trinajstić information content (AvgIpc) is 3.28. The molecule has 2 aliphatic heterocycles. The molecule has 0 aromatic heterocycles. The van der Waals surface area contributed by atoms with Gasteiger partial charge in [0.25, 0.3) is 0 Å². The summed E-state index contributed by atoms with van der Waals surface area (Å²) in [7, 11) is 1.64. The smallest absolute Gasteiger partial charge is 0.222 e. The Morgan fingerprint density at radius 3 is 2.56 bits per heavy atom. The zero-order valence-electron chi connectivity index (χ0n) is 21.3. The number of halogens is 1. The Morgan fingerprint density at radius 2 is 1.83 bits per heavy atom. The van der Waals surface area contributed by atoms with Crippen molar-refractivity contribution in [3.05, 3.63) is 52.5 Å². The highest BCUT2D eigenvalue weighted by Gasteiger charge is 2.33. The fourth-order valence-corrected chi connectivity index (χ4v) is 4.95. The van der Waals surface area contributed by atoms with Crippen molar-refractivity contribution in [2.75, 3.05) is 46.5 Å². The third-order valence-electron chi connectivity index (χ3n) is 7.01. The molecule has 0 radical (unpaired) electrons. The van der Waals surface area contributed by atoms with Crippen LogP contribution in [0.3, 0.4) is 0 Å². The first-order chi connectivity index (χ1) is 17.3. The zero-order valence-corrected chi connectivity index (χ0v) is 22.1. The molecule has 2 heterocycles. The lowest BCUT2D eigenvalue weighted by atomic mass is 9.92. The molecule has 8 heteroatoms. The molecule has 0 spiro atoms. The summed E-state index contributed by atoms with van der Waals surface area (Å²) in [6, 6.07) is 11.7. The number of benzene rings is 2. The second-order valence-corrected chi connectivity index (χ2v) is 10.3. The summed E-state index contributed by atoms with van der Waals surface area (Å²) in [6.45, 7) is 6.65. The average molecular weight is 517 g/mol. The van der Waals surface area contributed by atoms with Gasteiger partial charge in [0.1, 0.15) is 18.0 Å². The van der Waals surface area contributed by atoms with Crippen molar-refractivity contribution >= 4 is 17.5 Å². The van der Waals surface area contributed by atoms with Crippen LogP contribution in [0.15, 0.2) is 36.4 Å². The monoisotopic (exact) mass is 516 g/mol. The minimum atomic E-state index is -0.867. The molecule has 1 N–H and O–H groups in total. The largest absolute Gasteiger partial charge is 0.493 e. The topological polar surface area (TPSA) is 71.5 Å². The van der Waals surface area contributed by atoms with Gasteiger partial charge in [-0.15, -0.1) is 0 Å². The lowest BCUT2D eigenvalue weighted by molar-refractivity contribution is -0.127. The van der Waals surface area contributed by atoms with E-state index >= 15 is 0 Å². The molecule has 0 unspecified atom stereocenters. The first kappa shape index (κ1) is 26.6. The molecule has 2 fully saturated rings. The molecule has 196 valence electrons. The number of piperidine rings is 1. The molecule has 4 rings (SSSR count). The van der Waals surface area contributed by atoms with Crippen molar-refractivity contribution in [3.63, 3.8) is 0 Å². The van der Waals surface area contributed by atoms with Gasteiger partial charge in [-0.1, -0.05) is 23.7 Å². The van der Waals surface area contributed by atoms with Gasteiger partial charge in [0.2, 0.25) is 5.91 Å². The number of aryl methyl sites for hydroxylation is 1. The molecule has 0 atom stereocenters. The summed E-state index contributed by atoms with van der Waals surface area (Å²) in [5.41, 5.74) is 1.34. The van der Waals surface area contributed by atoms with Crippen LogP contribution in [0.2, 0.25) is 5.02 Å². The molecule has 0 bridgehead atoms. The fraction of sp³-hybridized carbons (Fsp3) is 0.536.